The molecule has 2 N–H and O–H groups in total. The van der Waals surface area contributed by atoms with E-state index < -0.39 is 24.0 Å². The lowest BCUT2D eigenvalue weighted by Gasteiger charge is -2.15. The van der Waals surface area contributed by atoms with Gasteiger partial charge in [-0.3, -0.25) is 10.1 Å². The van der Waals surface area contributed by atoms with Gasteiger partial charge >= 0.3 is 12.0 Å². The zero-order valence-electron chi connectivity index (χ0n) is 13.4. The second-order valence-electron chi connectivity index (χ2n) is 4.86. The molecule has 7 nitrogen and oxygen atoms in total. The van der Waals surface area contributed by atoms with Crippen LogP contribution in [0.2, 0.25) is 5.02 Å². The molecule has 8 heteroatoms. The maximum atomic E-state index is 11.7. The summed E-state index contributed by atoms with van der Waals surface area (Å²) in [4.78, 5) is 34.3. The molecule has 1 atom stereocenters. The molecule has 1 aromatic rings. The van der Waals surface area contributed by atoms with E-state index in [0.29, 0.717) is 10.8 Å². The number of carbonyl (C=O) groups excluding carboxylic acids is 3. The van der Waals surface area contributed by atoms with Crippen molar-refractivity contribution in [2.75, 3.05) is 13.7 Å². The summed E-state index contributed by atoms with van der Waals surface area (Å²) in [5, 5.41) is 4.81. The van der Waals surface area contributed by atoms with Crippen LogP contribution in [-0.2, 0) is 14.3 Å². The average molecular weight is 343 g/mol. The van der Waals surface area contributed by atoms with Gasteiger partial charge in [0.25, 0.3) is 5.91 Å². The van der Waals surface area contributed by atoms with E-state index in [0.717, 1.165) is 11.1 Å². The predicted molar refractivity (Wildman–Crippen MR) is 84.6 cm³/mol. The molecule has 23 heavy (non-hydrogen) atoms. The van der Waals surface area contributed by atoms with Crippen molar-refractivity contribution in [2.45, 2.75) is 26.9 Å². The molecule has 0 unspecified atom stereocenters. The first-order valence-corrected chi connectivity index (χ1v) is 7.24. The lowest BCUT2D eigenvalue weighted by molar-refractivity contribution is -0.156. The molecule has 0 saturated carbocycles. The molecule has 0 saturated heterocycles. The van der Waals surface area contributed by atoms with Crippen molar-refractivity contribution in [3.63, 3.8) is 0 Å². The van der Waals surface area contributed by atoms with Gasteiger partial charge in [0.15, 0.2) is 12.7 Å². The highest BCUT2D eigenvalue weighted by molar-refractivity contribution is 6.30. The third kappa shape index (κ3) is 5.78. The van der Waals surface area contributed by atoms with Gasteiger partial charge in [-0.25, -0.2) is 9.59 Å². The number of halogens is 1. The number of ether oxygens (including phenoxy) is 2. The molecule has 0 aliphatic heterocycles. The number of hydrogen-bond acceptors (Lipinski definition) is 5. The smallest absolute Gasteiger partial charge is 0.344 e. The van der Waals surface area contributed by atoms with E-state index in [9.17, 15) is 14.4 Å². The number of benzene rings is 1. The maximum Gasteiger partial charge on any atom is 0.344 e. The van der Waals surface area contributed by atoms with E-state index in [1.54, 1.807) is 26.0 Å². The Morgan fingerprint density at radius 3 is 2.30 bits per heavy atom. The molecule has 1 rings (SSSR count). The first kappa shape index (κ1) is 18.8. The van der Waals surface area contributed by atoms with Crippen LogP contribution in [0.4, 0.5) is 4.79 Å². The van der Waals surface area contributed by atoms with Crippen molar-refractivity contribution < 1.29 is 23.9 Å². The van der Waals surface area contributed by atoms with Gasteiger partial charge in [0.1, 0.15) is 5.75 Å². The minimum atomic E-state index is -1.11. The van der Waals surface area contributed by atoms with Gasteiger partial charge in [-0.05, 0) is 44.0 Å². The van der Waals surface area contributed by atoms with Crippen LogP contribution in [-0.4, -0.2) is 37.7 Å². The fourth-order valence-electron chi connectivity index (χ4n) is 1.82. The van der Waals surface area contributed by atoms with Crippen LogP contribution >= 0.6 is 11.6 Å². The third-order valence-corrected chi connectivity index (χ3v) is 3.12. The Hall–Kier alpha value is -2.28. The molecule has 0 aromatic heterocycles. The molecule has 0 spiro atoms. The van der Waals surface area contributed by atoms with Crippen molar-refractivity contribution in [3.8, 4) is 5.75 Å². The molecule has 0 heterocycles. The second-order valence-corrected chi connectivity index (χ2v) is 5.29. The summed E-state index contributed by atoms with van der Waals surface area (Å²) in [5.41, 5.74) is 1.57. The molecule has 0 aliphatic carbocycles. The van der Waals surface area contributed by atoms with E-state index in [2.05, 4.69) is 5.32 Å². The normalized spacial score (nSPS) is 11.3. The van der Waals surface area contributed by atoms with Crippen molar-refractivity contribution >= 4 is 29.5 Å². The lowest BCUT2D eigenvalue weighted by atomic mass is 10.1. The number of hydrogen-bond donors (Lipinski definition) is 2. The minimum absolute atomic E-state index is 0.360. The number of imide groups is 1. The topological polar surface area (TPSA) is 93.7 Å². The fourth-order valence-corrected chi connectivity index (χ4v) is 2.14. The van der Waals surface area contributed by atoms with Gasteiger partial charge in [0, 0.05) is 12.1 Å². The molecule has 0 radical (unpaired) electrons. The molecule has 0 fully saturated rings. The number of nitrogens with one attached hydrogen (secondary N) is 2. The van der Waals surface area contributed by atoms with Gasteiger partial charge in [-0.1, -0.05) is 11.6 Å². The van der Waals surface area contributed by atoms with E-state index >= 15 is 0 Å². The van der Waals surface area contributed by atoms with Crippen LogP contribution in [0, 0.1) is 13.8 Å². The molecule has 3 amide bonds. The summed E-state index contributed by atoms with van der Waals surface area (Å²) < 4.78 is 10.3. The standard InChI is InChI=1S/C15H19ClN2O5/c1-8-5-11(16)6-9(2)13(8)22-7-12(19)23-10(3)14(20)18-15(21)17-4/h5-6,10H,7H2,1-4H3,(H2,17,18,20,21)/t10-/m0/s1. The van der Waals surface area contributed by atoms with E-state index in [1.807, 2.05) is 5.32 Å². The molecular formula is C15H19ClN2O5. The highest BCUT2D eigenvalue weighted by Gasteiger charge is 2.20. The highest BCUT2D eigenvalue weighted by Crippen LogP contribution is 2.26. The number of amides is 3. The third-order valence-electron chi connectivity index (χ3n) is 2.90. The SMILES string of the molecule is CNC(=O)NC(=O)[C@H](C)OC(=O)COc1c(C)cc(Cl)cc1C. The van der Waals surface area contributed by atoms with Crippen molar-refractivity contribution in [3.05, 3.63) is 28.3 Å². The number of esters is 1. The number of aryl methyl sites for hydroxylation is 2. The number of urea groups is 1. The molecule has 0 bridgehead atoms. The Morgan fingerprint density at radius 2 is 1.78 bits per heavy atom. The summed E-state index contributed by atoms with van der Waals surface area (Å²) in [7, 11) is 1.36. The number of carbonyl (C=O) groups is 3. The molecule has 0 aliphatic rings. The van der Waals surface area contributed by atoms with Crippen LogP contribution in [0.5, 0.6) is 5.75 Å². The summed E-state index contributed by atoms with van der Waals surface area (Å²) in [6.07, 6.45) is -1.11. The van der Waals surface area contributed by atoms with Crippen molar-refractivity contribution in [1.29, 1.82) is 0 Å². The Morgan fingerprint density at radius 1 is 1.22 bits per heavy atom. The van der Waals surface area contributed by atoms with Crippen LogP contribution in [0.15, 0.2) is 12.1 Å². The highest BCUT2D eigenvalue weighted by atomic mass is 35.5. The van der Waals surface area contributed by atoms with E-state index in [1.165, 1.54) is 14.0 Å². The quantitative estimate of drug-likeness (QED) is 0.795. The largest absolute Gasteiger partial charge is 0.481 e. The van der Waals surface area contributed by atoms with Gasteiger partial charge in [-0.15, -0.1) is 0 Å². The first-order chi connectivity index (χ1) is 10.7. The Labute approximate surface area is 139 Å². The fraction of sp³-hybridized carbons (Fsp3) is 0.400. The van der Waals surface area contributed by atoms with Gasteiger partial charge in [0.2, 0.25) is 0 Å². The second kappa shape index (κ2) is 8.38. The zero-order valence-corrected chi connectivity index (χ0v) is 14.1. The predicted octanol–water partition coefficient (Wildman–Crippen LogP) is 1.72. The Kier molecular flexibility index (Phi) is 6.84. The van der Waals surface area contributed by atoms with E-state index in [4.69, 9.17) is 21.1 Å². The lowest BCUT2D eigenvalue weighted by Crippen LogP contribution is -2.43. The van der Waals surface area contributed by atoms with Gasteiger partial charge < -0.3 is 14.8 Å². The van der Waals surface area contributed by atoms with Crippen molar-refractivity contribution in [2.24, 2.45) is 0 Å². The molecule has 1 aromatic carbocycles. The Bertz CT molecular complexity index is 595. The maximum absolute atomic E-state index is 11.7. The first-order valence-electron chi connectivity index (χ1n) is 6.86. The average Bonchev–Trinajstić information content (AvgIpc) is 2.45. The monoisotopic (exact) mass is 342 g/mol. The van der Waals surface area contributed by atoms with Gasteiger partial charge in [0.05, 0.1) is 0 Å². The number of rotatable bonds is 5. The molecular weight excluding hydrogens is 324 g/mol. The summed E-state index contributed by atoms with van der Waals surface area (Å²) >= 11 is 5.92. The van der Waals surface area contributed by atoms with Gasteiger partial charge in [-0.2, -0.15) is 0 Å². The summed E-state index contributed by atoms with van der Waals surface area (Å²) in [6, 6.07) is 2.75. The van der Waals surface area contributed by atoms with Crippen LogP contribution < -0.4 is 15.4 Å². The molecule has 126 valence electrons. The summed E-state index contributed by atoms with van der Waals surface area (Å²) in [5.74, 6) is -0.913. The zero-order chi connectivity index (χ0) is 17.6. The summed E-state index contributed by atoms with van der Waals surface area (Å²) in [6.45, 7) is 4.60. The van der Waals surface area contributed by atoms with Crippen LogP contribution in [0.25, 0.3) is 0 Å². The minimum Gasteiger partial charge on any atom is -0.481 e. The van der Waals surface area contributed by atoms with E-state index in [-0.39, 0.29) is 6.61 Å². The van der Waals surface area contributed by atoms with Crippen LogP contribution in [0.1, 0.15) is 18.1 Å². The Balaban J connectivity index is 2.55. The van der Waals surface area contributed by atoms with Crippen molar-refractivity contribution in [1.82, 2.24) is 10.6 Å². The van der Waals surface area contributed by atoms with Crippen LogP contribution in [0.3, 0.4) is 0 Å².